The Morgan fingerprint density at radius 2 is 1.95 bits per heavy atom. The lowest BCUT2D eigenvalue weighted by Crippen LogP contribution is -2.15. The molecule has 1 heterocycles. The first kappa shape index (κ1) is 13.0. The zero-order valence-electron chi connectivity index (χ0n) is 10.2. The summed E-state index contributed by atoms with van der Waals surface area (Å²) in [6, 6.07) is 9.93. The Hall–Kier alpha value is -2.47. The highest BCUT2D eigenvalue weighted by Crippen LogP contribution is 2.07. The van der Waals surface area contributed by atoms with Crippen LogP contribution in [0.5, 0.6) is 0 Å². The van der Waals surface area contributed by atoms with E-state index in [0.717, 1.165) is 12.0 Å². The first-order valence-corrected chi connectivity index (χ1v) is 5.85. The minimum Gasteiger partial charge on any atom is -0.330 e. The number of aromatic nitrogens is 2. The summed E-state index contributed by atoms with van der Waals surface area (Å²) < 4.78 is 0. The SMILES string of the molecule is NCCc1ccc(C(=O)Nc2ccc(=O)[nH]n2)cc1. The predicted molar refractivity (Wildman–Crippen MR) is 72.0 cm³/mol. The van der Waals surface area contributed by atoms with Crippen molar-refractivity contribution in [1.82, 2.24) is 10.2 Å². The maximum Gasteiger partial charge on any atom is 0.264 e. The molecule has 0 unspecified atom stereocenters. The second kappa shape index (κ2) is 5.92. The zero-order valence-corrected chi connectivity index (χ0v) is 10.2. The smallest absolute Gasteiger partial charge is 0.264 e. The lowest BCUT2D eigenvalue weighted by atomic mass is 10.1. The average molecular weight is 258 g/mol. The van der Waals surface area contributed by atoms with Gasteiger partial charge in [-0.3, -0.25) is 9.59 Å². The second-order valence-electron chi connectivity index (χ2n) is 4.00. The van der Waals surface area contributed by atoms with Crippen molar-refractivity contribution in [1.29, 1.82) is 0 Å². The number of carbonyl (C=O) groups is 1. The Bertz CT molecular complexity index is 599. The first-order chi connectivity index (χ1) is 9.19. The van der Waals surface area contributed by atoms with Crippen LogP contribution in [0.2, 0.25) is 0 Å². The third kappa shape index (κ3) is 3.49. The van der Waals surface area contributed by atoms with Crippen molar-refractivity contribution in [3.8, 4) is 0 Å². The van der Waals surface area contributed by atoms with Crippen LogP contribution in [-0.2, 0) is 6.42 Å². The summed E-state index contributed by atoms with van der Waals surface area (Å²) in [5.41, 5.74) is 6.75. The van der Waals surface area contributed by atoms with E-state index >= 15 is 0 Å². The molecule has 4 N–H and O–H groups in total. The minimum absolute atomic E-state index is 0.279. The molecule has 0 bridgehead atoms. The van der Waals surface area contributed by atoms with Gasteiger partial charge < -0.3 is 11.1 Å². The van der Waals surface area contributed by atoms with Crippen LogP contribution in [0.3, 0.4) is 0 Å². The molecule has 0 radical (unpaired) electrons. The fraction of sp³-hybridized carbons (Fsp3) is 0.154. The number of hydrogen-bond donors (Lipinski definition) is 3. The monoisotopic (exact) mass is 258 g/mol. The molecular weight excluding hydrogens is 244 g/mol. The fourth-order valence-electron chi connectivity index (χ4n) is 1.59. The first-order valence-electron chi connectivity index (χ1n) is 5.85. The lowest BCUT2D eigenvalue weighted by molar-refractivity contribution is 0.102. The van der Waals surface area contributed by atoms with Crippen molar-refractivity contribution in [2.45, 2.75) is 6.42 Å². The van der Waals surface area contributed by atoms with Gasteiger partial charge in [0, 0.05) is 11.6 Å². The number of H-pyrrole nitrogens is 1. The summed E-state index contributed by atoms with van der Waals surface area (Å²) in [5.74, 6) is 0.0227. The Labute approximate surface area is 109 Å². The minimum atomic E-state index is -0.316. The van der Waals surface area contributed by atoms with Crippen LogP contribution in [0, 0.1) is 0 Å². The third-order valence-electron chi connectivity index (χ3n) is 2.57. The molecule has 0 aliphatic carbocycles. The average Bonchev–Trinajstić information content (AvgIpc) is 2.42. The van der Waals surface area contributed by atoms with Crippen LogP contribution in [0.15, 0.2) is 41.2 Å². The molecule has 2 rings (SSSR count). The summed E-state index contributed by atoms with van der Waals surface area (Å²) in [5, 5.41) is 8.55. The maximum atomic E-state index is 11.9. The van der Waals surface area contributed by atoms with Crippen LogP contribution in [-0.4, -0.2) is 22.6 Å². The topological polar surface area (TPSA) is 101 Å². The van der Waals surface area contributed by atoms with Crippen molar-refractivity contribution in [2.75, 3.05) is 11.9 Å². The van der Waals surface area contributed by atoms with E-state index in [9.17, 15) is 9.59 Å². The Kier molecular flexibility index (Phi) is 4.04. The van der Waals surface area contributed by atoms with E-state index in [4.69, 9.17) is 5.73 Å². The van der Waals surface area contributed by atoms with E-state index in [1.54, 1.807) is 12.1 Å². The summed E-state index contributed by atoms with van der Waals surface area (Å²) in [6.07, 6.45) is 0.781. The zero-order chi connectivity index (χ0) is 13.7. The van der Waals surface area contributed by atoms with Gasteiger partial charge in [-0.05, 0) is 36.7 Å². The van der Waals surface area contributed by atoms with E-state index < -0.39 is 0 Å². The molecule has 0 spiro atoms. The van der Waals surface area contributed by atoms with Crippen LogP contribution >= 0.6 is 0 Å². The number of benzene rings is 1. The number of nitrogens with one attached hydrogen (secondary N) is 2. The van der Waals surface area contributed by atoms with Crippen molar-refractivity contribution in [3.05, 3.63) is 57.9 Å². The molecule has 98 valence electrons. The summed E-state index contributed by atoms with van der Waals surface area (Å²) in [6.45, 7) is 0.576. The van der Waals surface area contributed by atoms with Gasteiger partial charge in [-0.1, -0.05) is 12.1 Å². The van der Waals surface area contributed by atoms with E-state index in [1.165, 1.54) is 12.1 Å². The molecule has 0 aliphatic rings. The molecule has 0 saturated heterocycles. The van der Waals surface area contributed by atoms with Gasteiger partial charge in [0.25, 0.3) is 11.5 Å². The van der Waals surface area contributed by atoms with E-state index in [-0.39, 0.29) is 11.5 Å². The molecule has 0 atom stereocenters. The molecule has 0 aliphatic heterocycles. The van der Waals surface area contributed by atoms with Crippen molar-refractivity contribution < 1.29 is 4.79 Å². The van der Waals surface area contributed by atoms with Gasteiger partial charge in [0.1, 0.15) is 0 Å². The van der Waals surface area contributed by atoms with Crippen molar-refractivity contribution >= 4 is 11.7 Å². The summed E-state index contributed by atoms with van der Waals surface area (Å²) in [7, 11) is 0. The van der Waals surface area contributed by atoms with Crippen molar-refractivity contribution in [2.24, 2.45) is 5.73 Å². The number of aromatic amines is 1. The molecule has 2 aromatic rings. The van der Waals surface area contributed by atoms with Crippen LogP contribution in [0.25, 0.3) is 0 Å². The molecular formula is C13H14N4O2. The summed E-state index contributed by atoms with van der Waals surface area (Å²) in [4.78, 5) is 22.7. The number of hydrogen-bond acceptors (Lipinski definition) is 4. The number of rotatable bonds is 4. The normalized spacial score (nSPS) is 10.2. The van der Waals surface area contributed by atoms with E-state index in [2.05, 4.69) is 15.5 Å². The van der Waals surface area contributed by atoms with Gasteiger partial charge in [-0.15, -0.1) is 0 Å². The number of anilines is 1. The van der Waals surface area contributed by atoms with Crippen LogP contribution < -0.4 is 16.6 Å². The standard InChI is InChI=1S/C13H14N4O2/c14-8-7-9-1-3-10(4-2-9)13(19)15-11-5-6-12(18)17-16-11/h1-6H,7-8,14H2,(H,17,18)(H,15,16,19). The Morgan fingerprint density at radius 3 is 2.53 bits per heavy atom. The highest BCUT2D eigenvalue weighted by atomic mass is 16.2. The molecule has 1 aromatic carbocycles. The Balaban J connectivity index is 2.07. The quantitative estimate of drug-likeness (QED) is 0.744. The fourth-order valence-corrected chi connectivity index (χ4v) is 1.59. The predicted octanol–water partition coefficient (Wildman–Crippen LogP) is 0.523. The molecule has 0 saturated carbocycles. The second-order valence-corrected chi connectivity index (χ2v) is 4.00. The molecule has 6 heteroatoms. The number of nitrogens with zero attached hydrogens (tertiary/aromatic N) is 1. The molecule has 6 nitrogen and oxygen atoms in total. The lowest BCUT2D eigenvalue weighted by Gasteiger charge is -2.04. The molecule has 1 aromatic heterocycles. The van der Waals surface area contributed by atoms with Gasteiger partial charge in [-0.25, -0.2) is 5.10 Å². The number of nitrogens with two attached hydrogens (primary N) is 1. The van der Waals surface area contributed by atoms with Gasteiger partial charge in [-0.2, -0.15) is 5.10 Å². The molecule has 1 amide bonds. The summed E-state index contributed by atoms with van der Waals surface area (Å²) >= 11 is 0. The molecule has 0 fully saturated rings. The van der Waals surface area contributed by atoms with E-state index in [1.807, 2.05) is 12.1 Å². The van der Waals surface area contributed by atoms with Crippen molar-refractivity contribution in [3.63, 3.8) is 0 Å². The van der Waals surface area contributed by atoms with Gasteiger partial charge in [0.05, 0.1) is 0 Å². The molecule has 19 heavy (non-hydrogen) atoms. The van der Waals surface area contributed by atoms with E-state index in [0.29, 0.717) is 17.9 Å². The number of carbonyl (C=O) groups excluding carboxylic acids is 1. The maximum absolute atomic E-state index is 11.9. The largest absolute Gasteiger partial charge is 0.330 e. The van der Waals surface area contributed by atoms with Gasteiger partial charge >= 0.3 is 0 Å². The highest BCUT2D eigenvalue weighted by Gasteiger charge is 2.06. The van der Waals surface area contributed by atoms with Gasteiger partial charge in [0.2, 0.25) is 0 Å². The Morgan fingerprint density at radius 1 is 1.21 bits per heavy atom. The van der Waals surface area contributed by atoms with Crippen LogP contribution in [0.4, 0.5) is 5.82 Å². The third-order valence-corrected chi connectivity index (χ3v) is 2.57. The highest BCUT2D eigenvalue weighted by molar-refractivity contribution is 6.03. The number of amides is 1. The van der Waals surface area contributed by atoms with Crippen LogP contribution in [0.1, 0.15) is 15.9 Å². The van der Waals surface area contributed by atoms with Gasteiger partial charge in [0.15, 0.2) is 5.82 Å².